The van der Waals surface area contributed by atoms with Crippen molar-refractivity contribution in [3.05, 3.63) is 88.6 Å². The molecule has 0 unspecified atom stereocenters. The first-order valence-corrected chi connectivity index (χ1v) is 12.4. The van der Waals surface area contributed by atoms with Gasteiger partial charge in [-0.05, 0) is 63.2 Å². The molecule has 0 aliphatic heterocycles. The van der Waals surface area contributed by atoms with Crippen molar-refractivity contribution < 1.29 is 13.5 Å². The van der Waals surface area contributed by atoms with Crippen LogP contribution in [-0.2, 0) is 6.61 Å². The SMILES string of the molecule is Cc1nc2c(F)cc(-c3nc(Nc4ccc(OCc5cccc(C#N)n5)c(Cl)c4)ncc3F)cc2n1C(C)C. The van der Waals surface area contributed by atoms with E-state index in [1.807, 2.05) is 24.5 Å². The van der Waals surface area contributed by atoms with Gasteiger partial charge in [-0.15, -0.1) is 0 Å². The summed E-state index contributed by atoms with van der Waals surface area (Å²) >= 11 is 6.40. The molecule has 1 N–H and O–H groups in total. The molecule has 0 saturated carbocycles. The molecule has 39 heavy (non-hydrogen) atoms. The first-order valence-electron chi connectivity index (χ1n) is 12.0. The number of anilines is 2. The number of benzene rings is 2. The van der Waals surface area contributed by atoms with Crippen molar-refractivity contribution in [2.45, 2.75) is 33.4 Å². The smallest absolute Gasteiger partial charge is 0.227 e. The van der Waals surface area contributed by atoms with E-state index >= 15 is 0 Å². The molecule has 5 aromatic rings. The first-order chi connectivity index (χ1) is 18.7. The summed E-state index contributed by atoms with van der Waals surface area (Å²) in [6, 6.07) is 15.0. The van der Waals surface area contributed by atoms with Gasteiger partial charge in [-0.1, -0.05) is 17.7 Å². The predicted octanol–water partition coefficient (Wildman–Crippen LogP) is 6.90. The van der Waals surface area contributed by atoms with Crippen molar-refractivity contribution in [1.29, 1.82) is 5.26 Å². The van der Waals surface area contributed by atoms with Crippen LogP contribution in [0.5, 0.6) is 5.75 Å². The van der Waals surface area contributed by atoms with Crippen LogP contribution in [0.2, 0.25) is 5.02 Å². The molecule has 0 saturated heterocycles. The van der Waals surface area contributed by atoms with Crippen molar-refractivity contribution in [3.8, 4) is 23.1 Å². The first kappa shape index (κ1) is 26.0. The highest BCUT2D eigenvalue weighted by Crippen LogP contribution is 2.32. The van der Waals surface area contributed by atoms with Crippen LogP contribution >= 0.6 is 11.6 Å². The fourth-order valence-electron chi connectivity index (χ4n) is 4.29. The highest BCUT2D eigenvalue weighted by molar-refractivity contribution is 6.32. The summed E-state index contributed by atoms with van der Waals surface area (Å²) < 4.78 is 37.4. The Hall–Kier alpha value is -4.62. The zero-order chi connectivity index (χ0) is 27.7. The van der Waals surface area contributed by atoms with Gasteiger partial charge in [0.1, 0.15) is 41.2 Å². The molecule has 2 aromatic carbocycles. The van der Waals surface area contributed by atoms with Gasteiger partial charge in [0, 0.05) is 17.3 Å². The van der Waals surface area contributed by atoms with Gasteiger partial charge < -0.3 is 14.6 Å². The summed E-state index contributed by atoms with van der Waals surface area (Å²) in [5.74, 6) is -0.0783. The summed E-state index contributed by atoms with van der Waals surface area (Å²) in [6.07, 6.45) is 1.03. The van der Waals surface area contributed by atoms with E-state index in [2.05, 4.69) is 25.3 Å². The number of imidazole rings is 1. The molecule has 11 heteroatoms. The van der Waals surface area contributed by atoms with E-state index in [0.717, 1.165) is 6.20 Å². The number of nitrogens with zero attached hydrogens (tertiary/aromatic N) is 6. The Morgan fingerprint density at radius 1 is 1.08 bits per heavy atom. The Bertz CT molecular complexity index is 1750. The van der Waals surface area contributed by atoms with Crippen molar-refractivity contribution in [3.63, 3.8) is 0 Å². The van der Waals surface area contributed by atoms with Crippen LogP contribution < -0.4 is 10.1 Å². The summed E-state index contributed by atoms with van der Waals surface area (Å²) in [5.41, 5.74) is 2.40. The van der Waals surface area contributed by atoms with Gasteiger partial charge in [0.05, 0.1) is 22.4 Å². The van der Waals surface area contributed by atoms with Gasteiger partial charge >= 0.3 is 0 Å². The van der Waals surface area contributed by atoms with Crippen LogP contribution in [-0.4, -0.2) is 24.5 Å². The molecule has 0 amide bonds. The van der Waals surface area contributed by atoms with Gasteiger partial charge in [-0.2, -0.15) is 5.26 Å². The van der Waals surface area contributed by atoms with Crippen LogP contribution in [0.15, 0.2) is 54.7 Å². The Morgan fingerprint density at radius 3 is 2.64 bits per heavy atom. The summed E-state index contributed by atoms with van der Waals surface area (Å²) in [4.78, 5) is 16.8. The number of hydrogen-bond acceptors (Lipinski definition) is 7. The summed E-state index contributed by atoms with van der Waals surface area (Å²) in [5, 5.41) is 12.3. The number of nitriles is 1. The molecule has 196 valence electrons. The standard InChI is InChI=1S/C28H22ClF2N7O/c1-15(2)38-16(3)34-27-22(30)9-17(10-24(27)38)26-23(31)13-33-28(37-26)36-18-7-8-25(21(29)11-18)39-14-20-6-4-5-19(12-32)35-20/h4-11,13,15H,14H2,1-3H3,(H,33,36,37). The fraction of sp³-hybridized carbons (Fsp3) is 0.179. The average Bonchev–Trinajstić information content (AvgIpc) is 3.26. The molecule has 0 bridgehead atoms. The zero-order valence-corrected chi connectivity index (χ0v) is 22.0. The third-order valence-corrected chi connectivity index (χ3v) is 6.24. The maximum Gasteiger partial charge on any atom is 0.227 e. The average molecular weight is 546 g/mol. The minimum Gasteiger partial charge on any atom is -0.486 e. The molecular formula is C28H22ClF2N7O. The van der Waals surface area contributed by atoms with E-state index in [0.29, 0.717) is 39.2 Å². The monoisotopic (exact) mass is 545 g/mol. The largest absolute Gasteiger partial charge is 0.486 e. The summed E-state index contributed by atoms with van der Waals surface area (Å²) in [7, 11) is 0. The van der Waals surface area contributed by atoms with Gasteiger partial charge in [0.15, 0.2) is 11.6 Å². The minimum atomic E-state index is -0.692. The predicted molar refractivity (Wildman–Crippen MR) is 144 cm³/mol. The second-order valence-electron chi connectivity index (χ2n) is 9.02. The number of nitrogens with one attached hydrogen (secondary N) is 1. The number of pyridine rings is 1. The number of ether oxygens (including phenoxy) is 1. The van der Waals surface area contributed by atoms with Gasteiger partial charge in [0.25, 0.3) is 0 Å². The lowest BCUT2D eigenvalue weighted by atomic mass is 10.1. The maximum atomic E-state index is 15.0. The molecule has 0 aliphatic rings. The molecule has 0 aliphatic carbocycles. The summed E-state index contributed by atoms with van der Waals surface area (Å²) in [6.45, 7) is 5.87. The van der Waals surface area contributed by atoms with Crippen molar-refractivity contribution in [1.82, 2.24) is 24.5 Å². The minimum absolute atomic E-state index is 0.0350. The molecular weight excluding hydrogens is 524 g/mol. The van der Waals surface area contributed by atoms with Gasteiger partial charge in [-0.25, -0.2) is 28.7 Å². The van der Waals surface area contributed by atoms with Crippen LogP contribution in [0.4, 0.5) is 20.4 Å². The number of hydrogen-bond donors (Lipinski definition) is 1. The number of halogens is 3. The Morgan fingerprint density at radius 2 is 1.90 bits per heavy atom. The molecule has 3 heterocycles. The molecule has 0 radical (unpaired) electrons. The second-order valence-corrected chi connectivity index (χ2v) is 9.43. The molecule has 0 atom stereocenters. The topological polar surface area (TPSA) is 102 Å². The molecule has 8 nitrogen and oxygen atoms in total. The van der Waals surface area contributed by atoms with Gasteiger partial charge in [-0.3, -0.25) is 0 Å². The molecule has 5 rings (SSSR count). The number of rotatable bonds is 7. The second kappa shape index (κ2) is 10.6. The van der Waals surface area contributed by atoms with E-state index in [-0.39, 0.29) is 35.4 Å². The Balaban J connectivity index is 1.39. The van der Waals surface area contributed by atoms with E-state index in [9.17, 15) is 8.78 Å². The number of aromatic nitrogens is 5. The van der Waals surface area contributed by atoms with E-state index < -0.39 is 11.6 Å². The van der Waals surface area contributed by atoms with Crippen molar-refractivity contribution in [2.24, 2.45) is 0 Å². The van der Waals surface area contributed by atoms with Crippen LogP contribution in [0, 0.1) is 29.9 Å². The van der Waals surface area contributed by atoms with Crippen LogP contribution in [0.25, 0.3) is 22.3 Å². The lowest BCUT2D eigenvalue weighted by Crippen LogP contribution is -2.04. The number of fused-ring (bicyclic) bond motifs is 1. The lowest BCUT2D eigenvalue weighted by molar-refractivity contribution is 0.301. The Labute approximate surface area is 227 Å². The normalized spacial score (nSPS) is 11.1. The maximum absolute atomic E-state index is 15.0. The lowest BCUT2D eigenvalue weighted by Gasteiger charge is -2.13. The zero-order valence-electron chi connectivity index (χ0n) is 21.2. The van der Waals surface area contributed by atoms with E-state index in [1.165, 1.54) is 6.07 Å². The molecule has 3 aromatic heterocycles. The quantitative estimate of drug-likeness (QED) is 0.237. The molecule has 0 fully saturated rings. The van der Waals surface area contributed by atoms with E-state index in [1.54, 1.807) is 49.4 Å². The van der Waals surface area contributed by atoms with Gasteiger partial charge in [0.2, 0.25) is 5.95 Å². The highest BCUT2D eigenvalue weighted by atomic mass is 35.5. The third-order valence-electron chi connectivity index (χ3n) is 5.94. The van der Waals surface area contributed by atoms with Crippen molar-refractivity contribution in [2.75, 3.05) is 5.32 Å². The van der Waals surface area contributed by atoms with Crippen LogP contribution in [0.1, 0.15) is 37.1 Å². The Kier molecular flexibility index (Phi) is 7.09. The number of aryl methyl sites for hydroxylation is 1. The van der Waals surface area contributed by atoms with E-state index in [4.69, 9.17) is 21.6 Å². The van der Waals surface area contributed by atoms with Crippen molar-refractivity contribution >= 4 is 34.3 Å². The fourth-order valence-corrected chi connectivity index (χ4v) is 4.52. The third kappa shape index (κ3) is 5.35. The van der Waals surface area contributed by atoms with Crippen LogP contribution in [0.3, 0.4) is 0 Å². The highest BCUT2D eigenvalue weighted by Gasteiger charge is 2.18. The molecule has 0 spiro atoms.